The minimum atomic E-state index is 1.20. The van der Waals surface area contributed by atoms with Gasteiger partial charge in [-0.3, -0.25) is 0 Å². The number of allylic oxidation sites excluding steroid dienone is 12. The quantitative estimate of drug-likeness (QED) is 0.352. The molecule has 164 valence electrons. The van der Waals surface area contributed by atoms with Crippen molar-refractivity contribution in [1.82, 2.24) is 0 Å². The van der Waals surface area contributed by atoms with Crippen LogP contribution in [0.4, 0.5) is 0 Å². The molecule has 0 N–H and O–H groups in total. The fraction of sp³-hybridized carbons (Fsp3) is 0.600. The standard InChI is InChI=1S/C30H44/c1-2-6-12-20-28-24-16-10-18-26-30-22-14-8-4-3-7-13-21-29(30)25-17-9-15-23-27(28)19-11-5-1/h5-8,11-14H,1-4,9-10,15-26H2/b11-5-,12-6-,13-7-,14-8-,28-27-,30-29-. The average molecular weight is 405 g/mol. The minimum Gasteiger partial charge on any atom is -0.0879 e. The third kappa shape index (κ3) is 8.66. The Morgan fingerprint density at radius 2 is 0.567 bits per heavy atom. The van der Waals surface area contributed by atoms with Crippen LogP contribution in [-0.4, -0.2) is 0 Å². The van der Waals surface area contributed by atoms with Crippen LogP contribution in [0.25, 0.3) is 0 Å². The Balaban J connectivity index is 1.68. The van der Waals surface area contributed by atoms with Crippen molar-refractivity contribution in [2.24, 2.45) is 0 Å². The minimum absolute atomic E-state index is 1.20. The van der Waals surface area contributed by atoms with Crippen LogP contribution in [0.1, 0.15) is 116 Å². The summed E-state index contributed by atoms with van der Waals surface area (Å²) in [4.78, 5) is 0. The van der Waals surface area contributed by atoms with Crippen LogP contribution < -0.4 is 0 Å². The van der Waals surface area contributed by atoms with E-state index in [4.69, 9.17) is 0 Å². The topological polar surface area (TPSA) is 0 Å². The van der Waals surface area contributed by atoms with Gasteiger partial charge in [0.2, 0.25) is 0 Å². The molecule has 0 aromatic rings. The summed E-state index contributed by atoms with van der Waals surface area (Å²) in [6.45, 7) is 0. The largest absolute Gasteiger partial charge is 0.0879 e. The molecule has 3 aliphatic rings. The zero-order valence-corrected chi connectivity index (χ0v) is 19.3. The highest BCUT2D eigenvalue weighted by atomic mass is 14.2. The lowest BCUT2D eigenvalue weighted by atomic mass is 9.88. The van der Waals surface area contributed by atoms with Gasteiger partial charge in [-0.1, -0.05) is 83.7 Å². The summed E-state index contributed by atoms with van der Waals surface area (Å²) in [5, 5.41) is 0. The first kappa shape index (κ1) is 23.1. The van der Waals surface area contributed by atoms with Gasteiger partial charge in [0.25, 0.3) is 0 Å². The van der Waals surface area contributed by atoms with Crippen molar-refractivity contribution < 1.29 is 0 Å². The summed E-state index contributed by atoms with van der Waals surface area (Å²) in [5.41, 5.74) is 7.06. The molecule has 0 heteroatoms. The van der Waals surface area contributed by atoms with Crippen molar-refractivity contribution in [3.63, 3.8) is 0 Å². The van der Waals surface area contributed by atoms with E-state index in [9.17, 15) is 0 Å². The predicted octanol–water partition coefficient (Wildman–Crippen LogP) is 9.87. The van der Waals surface area contributed by atoms with Crippen LogP contribution >= 0.6 is 0 Å². The van der Waals surface area contributed by atoms with Crippen LogP contribution in [0.3, 0.4) is 0 Å². The highest BCUT2D eigenvalue weighted by molar-refractivity contribution is 5.22. The molecular formula is C30H44. The summed E-state index contributed by atoms with van der Waals surface area (Å²) in [6, 6.07) is 0. The maximum Gasteiger partial charge on any atom is -0.0136 e. The van der Waals surface area contributed by atoms with E-state index in [1.807, 2.05) is 0 Å². The molecule has 0 aliphatic heterocycles. The zero-order chi connectivity index (χ0) is 20.7. The molecule has 30 heavy (non-hydrogen) atoms. The molecule has 0 radical (unpaired) electrons. The van der Waals surface area contributed by atoms with Crippen molar-refractivity contribution >= 4 is 0 Å². The molecule has 0 aromatic carbocycles. The van der Waals surface area contributed by atoms with Gasteiger partial charge in [0.05, 0.1) is 0 Å². The molecule has 0 amide bonds. The third-order valence-electron chi connectivity index (χ3n) is 7.04. The van der Waals surface area contributed by atoms with Gasteiger partial charge in [-0.05, 0) is 103 Å². The molecule has 3 rings (SSSR count). The van der Waals surface area contributed by atoms with Crippen LogP contribution in [0, 0.1) is 0 Å². The molecular weight excluding hydrogens is 360 g/mol. The molecule has 0 spiro atoms. The maximum absolute atomic E-state index is 2.45. The molecule has 3 aliphatic carbocycles. The Morgan fingerprint density at radius 1 is 0.300 bits per heavy atom. The normalized spacial score (nSPS) is 32.5. The fourth-order valence-corrected chi connectivity index (χ4v) is 5.16. The molecule has 0 saturated carbocycles. The monoisotopic (exact) mass is 404 g/mol. The summed E-state index contributed by atoms with van der Waals surface area (Å²) >= 11 is 0. The lowest BCUT2D eigenvalue weighted by Crippen LogP contribution is -1.98. The molecule has 0 nitrogen and oxygen atoms in total. The highest BCUT2D eigenvalue weighted by Crippen LogP contribution is 2.30. The number of hydrogen-bond donors (Lipinski definition) is 0. The van der Waals surface area contributed by atoms with E-state index >= 15 is 0 Å². The SMILES string of the molecule is C1=C\C/C2=C(\C/C=C\CC/1)CCCCC/C1=C(/C/C=C\CC/C=C\C1)CCCCC2. The summed E-state index contributed by atoms with van der Waals surface area (Å²) in [5.74, 6) is 0. The first-order valence-corrected chi connectivity index (χ1v) is 12.9. The van der Waals surface area contributed by atoms with Gasteiger partial charge in [-0.25, -0.2) is 0 Å². The van der Waals surface area contributed by atoms with Crippen LogP contribution in [-0.2, 0) is 0 Å². The molecule has 0 atom stereocenters. The second-order valence-corrected chi connectivity index (χ2v) is 9.39. The van der Waals surface area contributed by atoms with Gasteiger partial charge in [0.1, 0.15) is 0 Å². The van der Waals surface area contributed by atoms with Crippen LogP contribution in [0.15, 0.2) is 70.9 Å². The Morgan fingerprint density at radius 3 is 0.833 bits per heavy atom. The maximum atomic E-state index is 2.45. The van der Waals surface area contributed by atoms with Crippen molar-refractivity contribution in [3.8, 4) is 0 Å². The summed E-state index contributed by atoms with van der Waals surface area (Å²) in [7, 11) is 0. The van der Waals surface area contributed by atoms with E-state index in [1.54, 1.807) is 22.3 Å². The van der Waals surface area contributed by atoms with E-state index in [0.29, 0.717) is 0 Å². The van der Waals surface area contributed by atoms with E-state index < -0.39 is 0 Å². The van der Waals surface area contributed by atoms with Crippen molar-refractivity contribution in [2.45, 2.75) is 116 Å². The van der Waals surface area contributed by atoms with Gasteiger partial charge in [-0.2, -0.15) is 0 Å². The van der Waals surface area contributed by atoms with Gasteiger partial charge >= 0.3 is 0 Å². The molecule has 0 unspecified atom stereocenters. The second kappa shape index (κ2) is 14.4. The predicted molar refractivity (Wildman–Crippen MR) is 134 cm³/mol. The summed E-state index contributed by atoms with van der Waals surface area (Å²) < 4.78 is 0. The average Bonchev–Trinajstić information content (AvgIpc) is 2.77. The Kier molecular flexibility index (Phi) is 11.1. The van der Waals surface area contributed by atoms with Crippen molar-refractivity contribution in [1.29, 1.82) is 0 Å². The van der Waals surface area contributed by atoms with Crippen LogP contribution in [0.2, 0.25) is 0 Å². The highest BCUT2D eigenvalue weighted by Gasteiger charge is 2.10. The smallest absolute Gasteiger partial charge is 0.0136 e. The molecule has 0 heterocycles. The van der Waals surface area contributed by atoms with Crippen molar-refractivity contribution in [3.05, 3.63) is 70.9 Å². The second-order valence-electron chi connectivity index (χ2n) is 9.39. The van der Waals surface area contributed by atoms with Gasteiger partial charge in [-0.15, -0.1) is 0 Å². The molecule has 0 fully saturated rings. The van der Waals surface area contributed by atoms with E-state index in [1.165, 1.54) is 116 Å². The lowest BCUT2D eigenvalue weighted by Gasteiger charge is -2.18. The molecule has 0 bridgehead atoms. The van der Waals surface area contributed by atoms with Crippen LogP contribution in [0.5, 0.6) is 0 Å². The van der Waals surface area contributed by atoms with Gasteiger partial charge in [0.15, 0.2) is 0 Å². The fourth-order valence-electron chi connectivity index (χ4n) is 5.16. The number of rotatable bonds is 0. The Hall–Kier alpha value is -1.56. The van der Waals surface area contributed by atoms with Gasteiger partial charge < -0.3 is 0 Å². The Bertz CT molecular complexity index is 561. The number of hydrogen-bond acceptors (Lipinski definition) is 0. The zero-order valence-electron chi connectivity index (χ0n) is 19.3. The van der Waals surface area contributed by atoms with E-state index in [0.717, 1.165) is 0 Å². The molecule has 0 aromatic heterocycles. The first-order valence-electron chi connectivity index (χ1n) is 12.9. The van der Waals surface area contributed by atoms with E-state index in [2.05, 4.69) is 48.6 Å². The lowest BCUT2D eigenvalue weighted by molar-refractivity contribution is 0.623. The first-order chi connectivity index (χ1) is 14.9. The summed E-state index contributed by atoms with van der Waals surface area (Å²) in [6.07, 6.45) is 42.6. The molecule has 0 saturated heterocycles. The van der Waals surface area contributed by atoms with Crippen molar-refractivity contribution in [2.75, 3.05) is 0 Å². The third-order valence-corrected chi connectivity index (χ3v) is 7.04. The van der Waals surface area contributed by atoms with E-state index in [-0.39, 0.29) is 0 Å². The van der Waals surface area contributed by atoms with Gasteiger partial charge in [0, 0.05) is 0 Å². The Labute approximate surface area is 186 Å².